The van der Waals surface area contributed by atoms with Gasteiger partial charge in [-0.25, -0.2) is 8.78 Å². The Labute approximate surface area is 77.2 Å². The van der Waals surface area contributed by atoms with Gasteiger partial charge in [0.1, 0.15) is 5.60 Å². The number of hydrogen-bond donors (Lipinski definition) is 1. The second-order valence-electron chi connectivity index (χ2n) is 3.34. The second-order valence-corrected chi connectivity index (χ2v) is 3.34. The fourth-order valence-electron chi connectivity index (χ4n) is 1.30. The first-order chi connectivity index (χ1) is 6.26. The molecule has 0 aliphatic heterocycles. The minimum Gasteiger partial charge on any atom is -0.380 e. The van der Waals surface area contributed by atoms with Gasteiger partial charge in [-0.1, -0.05) is 12.2 Å². The van der Waals surface area contributed by atoms with Gasteiger partial charge in [0.25, 0.3) is 6.43 Å². The lowest BCUT2D eigenvalue weighted by molar-refractivity contribution is -0.171. The third kappa shape index (κ3) is 2.23. The van der Waals surface area contributed by atoms with E-state index < -0.39 is 37.0 Å². The van der Waals surface area contributed by atoms with Crippen molar-refractivity contribution in [2.75, 3.05) is 0 Å². The van der Waals surface area contributed by atoms with Crippen LogP contribution in [0.4, 0.5) is 22.0 Å². The van der Waals surface area contributed by atoms with Gasteiger partial charge in [0.15, 0.2) is 0 Å². The van der Waals surface area contributed by atoms with Gasteiger partial charge in [-0.15, -0.1) is 0 Å². The first-order valence-electron chi connectivity index (χ1n) is 4.02. The number of aliphatic hydroxyl groups is 1. The van der Waals surface area contributed by atoms with Crippen molar-refractivity contribution in [2.24, 2.45) is 5.92 Å². The monoisotopic (exact) mass is 216 g/mol. The molecule has 0 heterocycles. The van der Waals surface area contributed by atoms with E-state index >= 15 is 0 Å². The van der Waals surface area contributed by atoms with Crippen molar-refractivity contribution < 1.29 is 27.1 Å². The molecule has 2 atom stereocenters. The summed E-state index contributed by atoms with van der Waals surface area (Å²) in [4.78, 5) is 0. The van der Waals surface area contributed by atoms with E-state index in [2.05, 4.69) is 0 Å². The third-order valence-electron chi connectivity index (χ3n) is 2.27. The van der Waals surface area contributed by atoms with E-state index in [4.69, 9.17) is 5.11 Å². The topological polar surface area (TPSA) is 20.2 Å². The van der Waals surface area contributed by atoms with Gasteiger partial charge >= 0.3 is 6.18 Å². The van der Waals surface area contributed by atoms with Gasteiger partial charge in [-0.2, -0.15) is 13.2 Å². The molecule has 1 rings (SSSR count). The summed E-state index contributed by atoms with van der Waals surface area (Å²) < 4.78 is 60.5. The zero-order valence-corrected chi connectivity index (χ0v) is 7.06. The maximum Gasteiger partial charge on any atom is 0.395 e. The van der Waals surface area contributed by atoms with Crippen LogP contribution in [0.1, 0.15) is 12.8 Å². The van der Waals surface area contributed by atoms with E-state index in [0.717, 1.165) is 0 Å². The Hall–Kier alpha value is -0.650. The largest absolute Gasteiger partial charge is 0.395 e. The van der Waals surface area contributed by atoms with Crippen molar-refractivity contribution >= 4 is 0 Å². The van der Waals surface area contributed by atoms with Crippen molar-refractivity contribution in [1.82, 2.24) is 0 Å². The molecule has 1 nitrogen and oxygen atoms in total. The van der Waals surface area contributed by atoms with Crippen LogP contribution in [-0.4, -0.2) is 23.3 Å². The first kappa shape index (κ1) is 11.4. The number of alkyl halides is 5. The smallest absolute Gasteiger partial charge is 0.380 e. The molecule has 1 aliphatic carbocycles. The zero-order chi connectivity index (χ0) is 11.0. The molecule has 1 N–H and O–H groups in total. The van der Waals surface area contributed by atoms with Crippen molar-refractivity contribution in [2.45, 2.75) is 31.0 Å². The van der Waals surface area contributed by atoms with Gasteiger partial charge in [-0.05, 0) is 12.8 Å². The quantitative estimate of drug-likeness (QED) is 0.527. The summed E-state index contributed by atoms with van der Waals surface area (Å²) >= 11 is 0. The summed E-state index contributed by atoms with van der Waals surface area (Å²) in [6.07, 6.45) is -7.37. The highest BCUT2D eigenvalue weighted by atomic mass is 19.4. The fourth-order valence-corrected chi connectivity index (χ4v) is 1.30. The van der Waals surface area contributed by atoms with E-state index in [1.165, 1.54) is 0 Å². The molecule has 0 bridgehead atoms. The maximum absolute atomic E-state index is 12.1. The highest BCUT2D eigenvalue weighted by Gasteiger charge is 2.45. The first-order valence-corrected chi connectivity index (χ1v) is 4.02. The van der Waals surface area contributed by atoms with Crippen molar-refractivity contribution in [1.29, 1.82) is 0 Å². The van der Waals surface area contributed by atoms with E-state index in [0.29, 0.717) is 12.2 Å². The number of allylic oxidation sites excluding steroid dienone is 1. The summed E-state index contributed by atoms with van der Waals surface area (Å²) in [5, 5.41) is 9.13. The summed E-state index contributed by atoms with van der Waals surface area (Å²) in [5.41, 5.74) is -2.39. The van der Waals surface area contributed by atoms with Crippen LogP contribution in [0.5, 0.6) is 0 Å². The minimum absolute atomic E-state index is 0.499. The predicted octanol–water partition coefficient (Wildman–Crippen LogP) is 2.51. The number of halogens is 5. The molecule has 82 valence electrons. The molecule has 0 saturated carbocycles. The molecule has 0 amide bonds. The lowest BCUT2D eigenvalue weighted by atomic mass is 9.85. The van der Waals surface area contributed by atoms with Crippen LogP contribution in [0.2, 0.25) is 0 Å². The van der Waals surface area contributed by atoms with Crippen LogP contribution in [-0.2, 0) is 0 Å². The summed E-state index contributed by atoms with van der Waals surface area (Å²) in [5.74, 6) is -1.72. The molecule has 0 fully saturated rings. The Morgan fingerprint density at radius 2 is 1.93 bits per heavy atom. The molecule has 2 unspecified atom stereocenters. The Kier molecular flexibility index (Phi) is 2.85. The van der Waals surface area contributed by atoms with Crippen molar-refractivity contribution in [3.63, 3.8) is 0 Å². The number of rotatable bonds is 1. The Balaban J connectivity index is 2.74. The molecule has 0 spiro atoms. The van der Waals surface area contributed by atoms with Gasteiger partial charge < -0.3 is 5.11 Å². The normalized spacial score (nSPS) is 33.8. The summed E-state index contributed by atoms with van der Waals surface area (Å²) in [7, 11) is 0. The van der Waals surface area contributed by atoms with Gasteiger partial charge in [0.05, 0.1) is 5.92 Å². The standard InChI is InChI=1S/C8H9F5O/c9-6(10)7(14)3-1-5(2-4-7)8(11,12)13/h1,3,5-6,14H,2,4H2. The molecule has 0 radical (unpaired) electrons. The Bertz CT molecular complexity index is 234. The van der Waals surface area contributed by atoms with Gasteiger partial charge in [-0.3, -0.25) is 0 Å². The van der Waals surface area contributed by atoms with E-state index in [1.54, 1.807) is 0 Å². The molecule has 0 saturated heterocycles. The van der Waals surface area contributed by atoms with Crippen molar-refractivity contribution in [3.8, 4) is 0 Å². The molecule has 0 aromatic carbocycles. The van der Waals surface area contributed by atoms with Crippen LogP contribution >= 0.6 is 0 Å². The molecule has 0 aromatic rings. The molecule has 6 heteroatoms. The fraction of sp³-hybridized carbons (Fsp3) is 0.750. The average molecular weight is 216 g/mol. The van der Waals surface area contributed by atoms with Gasteiger partial charge in [0.2, 0.25) is 0 Å². The van der Waals surface area contributed by atoms with Crippen LogP contribution < -0.4 is 0 Å². The second kappa shape index (κ2) is 3.49. The van der Waals surface area contributed by atoms with E-state index in [9.17, 15) is 22.0 Å². The molecular weight excluding hydrogens is 207 g/mol. The molecule has 0 aromatic heterocycles. The zero-order valence-electron chi connectivity index (χ0n) is 7.06. The molecule has 1 aliphatic rings. The Morgan fingerprint density at radius 3 is 2.21 bits per heavy atom. The third-order valence-corrected chi connectivity index (χ3v) is 2.27. The highest BCUT2D eigenvalue weighted by molar-refractivity contribution is 5.10. The van der Waals surface area contributed by atoms with Crippen LogP contribution in [0.25, 0.3) is 0 Å². The SMILES string of the molecule is OC1(C(F)F)C=CC(C(F)(F)F)CC1. The lowest BCUT2D eigenvalue weighted by Gasteiger charge is -2.30. The Morgan fingerprint density at radius 1 is 1.36 bits per heavy atom. The van der Waals surface area contributed by atoms with E-state index in [1.807, 2.05) is 0 Å². The lowest BCUT2D eigenvalue weighted by Crippen LogP contribution is -2.39. The van der Waals surface area contributed by atoms with E-state index in [-0.39, 0.29) is 0 Å². The van der Waals surface area contributed by atoms with Gasteiger partial charge in [0, 0.05) is 0 Å². The number of hydrogen-bond acceptors (Lipinski definition) is 1. The summed E-state index contributed by atoms with van der Waals surface area (Å²) in [6, 6.07) is 0. The minimum atomic E-state index is -4.42. The summed E-state index contributed by atoms with van der Waals surface area (Å²) in [6.45, 7) is 0. The van der Waals surface area contributed by atoms with Crippen LogP contribution in [0.15, 0.2) is 12.2 Å². The highest BCUT2D eigenvalue weighted by Crippen LogP contribution is 2.38. The average Bonchev–Trinajstić information content (AvgIpc) is 2.03. The maximum atomic E-state index is 12.1. The van der Waals surface area contributed by atoms with Crippen LogP contribution in [0, 0.1) is 5.92 Å². The predicted molar refractivity (Wildman–Crippen MR) is 38.9 cm³/mol. The van der Waals surface area contributed by atoms with Crippen LogP contribution in [0.3, 0.4) is 0 Å². The molecular formula is C8H9F5O. The molecule has 14 heavy (non-hydrogen) atoms. The van der Waals surface area contributed by atoms with Crippen molar-refractivity contribution in [3.05, 3.63) is 12.2 Å².